The quantitative estimate of drug-likeness (QED) is 0.317. The highest BCUT2D eigenvalue weighted by molar-refractivity contribution is 5.82. The summed E-state index contributed by atoms with van der Waals surface area (Å²) in [5.41, 5.74) is 5.65. The molecule has 0 spiro atoms. The Balaban J connectivity index is 2.56. The minimum Gasteiger partial charge on any atom is -0.409 e. The molecule has 1 aliphatic carbocycles. The Labute approximate surface area is 86.4 Å². The fourth-order valence-corrected chi connectivity index (χ4v) is 2.71. The van der Waals surface area contributed by atoms with E-state index >= 15 is 0 Å². The van der Waals surface area contributed by atoms with Crippen molar-refractivity contribution in [2.24, 2.45) is 28.6 Å². The Bertz CT molecular complexity index is 203. The number of amidine groups is 1. The molecule has 1 fully saturated rings. The summed E-state index contributed by atoms with van der Waals surface area (Å²) in [4.78, 5) is 0. The molecule has 0 bridgehead atoms. The molecule has 0 aromatic rings. The zero-order chi connectivity index (χ0) is 10.6. The molecule has 0 saturated heterocycles. The maximum Gasteiger partial charge on any atom is 0.142 e. The van der Waals surface area contributed by atoms with Crippen LogP contribution in [0.25, 0.3) is 0 Å². The zero-order valence-corrected chi connectivity index (χ0v) is 9.24. The van der Waals surface area contributed by atoms with E-state index in [0.29, 0.717) is 11.8 Å². The third-order valence-electron chi connectivity index (χ3n) is 3.72. The van der Waals surface area contributed by atoms with Gasteiger partial charge >= 0.3 is 0 Å². The molecule has 1 aliphatic rings. The first-order valence-electron chi connectivity index (χ1n) is 5.70. The van der Waals surface area contributed by atoms with Crippen LogP contribution in [0.5, 0.6) is 0 Å². The van der Waals surface area contributed by atoms with E-state index in [1.807, 2.05) is 0 Å². The van der Waals surface area contributed by atoms with Gasteiger partial charge < -0.3 is 10.9 Å². The second kappa shape index (κ2) is 5.23. The molecule has 82 valence electrons. The highest BCUT2D eigenvalue weighted by Crippen LogP contribution is 2.37. The van der Waals surface area contributed by atoms with Crippen LogP contribution in [0.15, 0.2) is 5.16 Å². The van der Waals surface area contributed by atoms with Gasteiger partial charge in [-0.1, -0.05) is 31.8 Å². The average molecular weight is 198 g/mol. The predicted molar refractivity (Wildman–Crippen MR) is 58.3 cm³/mol. The highest BCUT2D eigenvalue weighted by atomic mass is 16.4. The van der Waals surface area contributed by atoms with Gasteiger partial charge in [-0.15, -0.1) is 0 Å². The molecule has 3 unspecified atom stereocenters. The van der Waals surface area contributed by atoms with Crippen LogP contribution in [0.1, 0.15) is 46.0 Å². The van der Waals surface area contributed by atoms with Gasteiger partial charge in [-0.05, 0) is 31.1 Å². The SMILES string of the molecule is CCC1CCC(/C(N)=N/O)CC1CC. The first-order chi connectivity index (χ1) is 6.72. The lowest BCUT2D eigenvalue weighted by Gasteiger charge is -2.34. The van der Waals surface area contributed by atoms with E-state index in [0.717, 1.165) is 24.7 Å². The van der Waals surface area contributed by atoms with Gasteiger partial charge in [0.25, 0.3) is 0 Å². The molecule has 0 aromatic carbocycles. The third-order valence-corrected chi connectivity index (χ3v) is 3.72. The summed E-state index contributed by atoms with van der Waals surface area (Å²) in [5, 5.41) is 11.8. The summed E-state index contributed by atoms with van der Waals surface area (Å²) in [6.07, 6.45) is 5.90. The van der Waals surface area contributed by atoms with Crippen LogP contribution in [-0.2, 0) is 0 Å². The molecule has 3 N–H and O–H groups in total. The lowest BCUT2D eigenvalue weighted by Crippen LogP contribution is -2.32. The highest BCUT2D eigenvalue weighted by Gasteiger charge is 2.30. The molecule has 0 radical (unpaired) electrons. The summed E-state index contributed by atoms with van der Waals surface area (Å²) in [6.45, 7) is 4.50. The van der Waals surface area contributed by atoms with E-state index in [4.69, 9.17) is 10.9 Å². The number of rotatable bonds is 3. The van der Waals surface area contributed by atoms with Crippen LogP contribution >= 0.6 is 0 Å². The lowest BCUT2D eigenvalue weighted by molar-refractivity contribution is 0.195. The Morgan fingerprint density at radius 1 is 1.29 bits per heavy atom. The van der Waals surface area contributed by atoms with Gasteiger partial charge in [0.2, 0.25) is 0 Å². The number of nitrogens with zero attached hydrogens (tertiary/aromatic N) is 1. The van der Waals surface area contributed by atoms with Gasteiger partial charge in [0.15, 0.2) is 0 Å². The summed E-state index contributed by atoms with van der Waals surface area (Å²) in [7, 11) is 0. The van der Waals surface area contributed by atoms with E-state index in [2.05, 4.69) is 19.0 Å². The monoisotopic (exact) mass is 198 g/mol. The zero-order valence-electron chi connectivity index (χ0n) is 9.24. The second-order valence-corrected chi connectivity index (χ2v) is 4.37. The van der Waals surface area contributed by atoms with E-state index in [9.17, 15) is 0 Å². The van der Waals surface area contributed by atoms with Crippen molar-refractivity contribution in [3.8, 4) is 0 Å². The Morgan fingerprint density at radius 3 is 2.43 bits per heavy atom. The van der Waals surface area contributed by atoms with E-state index in [1.165, 1.54) is 19.3 Å². The van der Waals surface area contributed by atoms with Crippen molar-refractivity contribution < 1.29 is 5.21 Å². The van der Waals surface area contributed by atoms with Crippen LogP contribution in [-0.4, -0.2) is 11.0 Å². The van der Waals surface area contributed by atoms with Crippen LogP contribution in [0.3, 0.4) is 0 Å². The molecule has 3 heteroatoms. The van der Waals surface area contributed by atoms with Gasteiger partial charge in [-0.2, -0.15) is 0 Å². The first kappa shape index (κ1) is 11.3. The first-order valence-corrected chi connectivity index (χ1v) is 5.70. The van der Waals surface area contributed by atoms with Gasteiger partial charge in [0.1, 0.15) is 5.84 Å². The van der Waals surface area contributed by atoms with Crippen molar-refractivity contribution in [2.45, 2.75) is 46.0 Å². The van der Waals surface area contributed by atoms with Crippen LogP contribution < -0.4 is 5.73 Å². The molecule has 0 heterocycles. The van der Waals surface area contributed by atoms with Gasteiger partial charge in [0.05, 0.1) is 0 Å². The normalized spacial score (nSPS) is 34.4. The molecule has 14 heavy (non-hydrogen) atoms. The van der Waals surface area contributed by atoms with E-state index in [-0.39, 0.29) is 0 Å². The summed E-state index contributed by atoms with van der Waals surface area (Å²) >= 11 is 0. The maximum atomic E-state index is 8.63. The smallest absolute Gasteiger partial charge is 0.142 e. The number of nitrogens with two attached hydrogens (primary N) is 1. The molecule has 3 atom stereocenters. The standard InChI is InChI=1S/C11H22N2O/c1-3-8-5-6-10(11(12)13-14)7-9(8)4-2/h8-10,14H,3-7H2,1-2H3,(H2,12,13). The fourth-order valence-electron chi connectivity index (χ4n) is 2.71. The van der Waals surface area contributed by atoms with Crippen molar-refractivity contribution in [2.75, 3.05) is 0 Å². The Morgan fingerprint density at radius 2 is 1.93 bits per heavy atom. The largest absolute Gasteiger partial charge is 0.409 e. The molecule has 0 amide bonds. The van der Waals surface area contributed by atoms with Crippen molar-refractivity contribution in [1.82, 2.24) is 0 Å². The summed E-state index contributed by atoms with van der Waals surface area (Å²) in [6, 6.07) is 0. The molecule has 0 aliphatic heterocycles. The fraction of sp³-hybridized carbons (Fsp3) is 0.909. The molecule has 0 aromatic heterocycles. The van der Waals surface area contributed by atoms with Crippen LogP contribution in [0.4, 0.5) is 0 Å². The summed E-state index contributed by atoms with van der Waals surface area (Å²) < 4.78 is 0. The van der Waals surface area contributed by atoms with Gasteiger partial charge in [-0.25, -0.2) is 0 Å². The van der Waals surface area contributed by atoms with Crippen molar-refractivity contribution in [3.63, 3.8) is 0 Å². The minimum atomic E-state index is 0.313. The third kappa shape index (κ3) is 2.40. The number of hydrogen-bond acceptors (Lipinski definition) is 2. The molecule has 1 rings (SSSR count). The van der Waals surface area contributed by atoms with Gasteiger partial charge in [0, 0.05) is 5.92 Å². The van der Waals surface area contributed by atoms with Crippen molar-refractivity contribution in [3.05, 3.63) is 0 Å². The summed E-state index contributed by atoms with van der Waals surface area (Å²) in [5.74, 6) is 2.35. The van der Waals surface area contributed by atoms with Crippen LogP contribution in [0.2, 0.25) is 0 Å². The van der Waals surface area contributed by atoms with E-state index in [1.54, 1.807) is 0 Å². The van der Waals surface area contributed by atoms with Crippen molar-refractivity contribution in [1.29, 1.82) is 0 Å². The van der Waals surface area contributed by atoms with Crippen molar-refractivity contribution >= 4 is 5.84 Å². The predicted octanol–water partition coefficient (Wildman–Crippen LogP) is 2.59. The molecule has 1 saturated carbocycles. The van der Waals surface area contributed by atoms with E-state index < -0.39 is 0 Å². The van der Waals surface area contributed by atoms with Crippen LogP contribution in [0, 0.1) is 17.8 Å². The molecular weight excluding hydrogens is 176 g/mol. The topological polar surface area (TPSA) is 58.6 Å². The van der Waals surface area contributed by atoms with Gasteiger partial charge in [-0.3, -0.25) is 0 Å². The minimum absolute atomic E-state index is 0.313. The number of hydrogen-bond donors (Lipinski definition) is 2. The maximum absolute atomic E-state index is 8.63. The molecular formula is C11H22N2O. The second-order valence-electron chi connectivity index (χ2n) is 4.37. The number of oxime groups is 1. The Kier molecular flexibility index (Phi) is 4.23. The average Bonchev–Trinajstić information content (AvgIpc) is 2.26. The molecule has 3 nitrogen and oxygen atoms in total. The lowest BCUT2D eigenvalue weighted by atomic mass is 9.71. The Hall–Kier alpha value is -0.730.